The molecule has 3 rings (SSSR count). The van der Waals surface area contributed by atoms with Crippen LogP contribution < -0.4 is 10.5 Å². The molecule has 1 atom stereocenters. The number of rotatable bonds is 6. The number of anilines is 1. The highest BCUT2D eigenvalue weighted by atomic mass is 16.5. The smallest absolute Gasteiger partial charge is 0.344 e. The zero-order valence-electron chi connectivity index (χ0n) is 16.0. The molecule has 3 aromatic rings. The molecule has 1 heterocycles. The van der Waals surface area contributed by atoms with Crippen molar-refractivity contribution in [1.82, 2.24) is 9.78 Å². The number of nitrogens with zero attached hydrogens (tertiary/aromatic N) is 4. The summed E-state index contributed by atoms with van der Waals surface area (Å²) in [4.78, 5) is 10.9. The van der Waals surface area contributed by atoms with Crippen molar-refractivity contribution < 1.29 is 14.6 Å². The molecule has 0 unspecified atom stereocenters. The Labute approximate surface area is 172 Å². The molecule has 30 heavy (non-hydrogen) atoms. The SMILES string of the molecule is C[C@H](Oc1ccc(/C=C(\C#N)c2nn(-c3ccccc3)c(N)c2C#N)cc1)C(=O)O. The molecule has 0 bridgehead atoms. The molecule has 0 amide bonds. The van der Waals surface area contributed by atoms with Crippen molar-refractivity contribution in [2.24, 2.45) is 0 Å². The van der Waals surface area contributed by atoms with Crippen LogP contribution in [0.3, 0.4) is 0 Å². The third-order valence-corrected chi connectivity index (χ3v) is 4.26. The zero-order chi connectivity index (χ0) is 21.7. The number of hydrogen-bond donors (Lipinski definition) is 2. The van der Waals surface area contributed by atoms with Crippen LogP contribution in [-0.2, 0) is 4.79 Å². The number of aromatic nitrogens is 2. The van der Waals surface area contributed by atoms with Crippen LogP contribution in [0.1, 0.15) is 23.7 Å². The quantitative estimate of drug-likeness (QED) is 0.607. The molecule has 0 fully saturated rings. The number of ether oxygens (including phenoxy) is 1. The lowest BCUT2D eigenvalue weighted by molar-refractivity contribution is -0.144. The van der Waals surface area contributed by atoms with Gasteiger partial charge in [-0.1, -0.05) is 30.3 Å². The van der Waals surface area contributed by atoms with Gasteiger partial charge in [-0.2, -0.15) is 15.6 Å². The Morgan fingerprint density at radius 2 is 1.87 bits per heavy atom. The molecule has 0 aliphatic rings. The fraction of sp³-hybridized carbons (Fsp3) is 0.0909. The first-order valence-electron chi connectivity index (χ1n) is 8.90. The van der Waals surface area contributed by atoms with Crippen LogP contribution in [0.4, 0.5) is 5.82 Å². The van der Waals surface area contributed by atoms with E-state index in [1.807, 2.05) is 24.3 Å². The maximum atomic E-state index is 10.9. The van der Waals surface area contributed by atoms with Gasteiger partial charge >= 0.3 is 5.97 Å². The van der Waals surface area contributed by atoms with E-state index in [0.29, 0.717) is 17.0 Å². The Bertz CT molecular complexity index is 1180. The normalized spacial score (nSPS) is 11.9. The third-order valence-electron chi connectivity index (χ3n) is 4.26. The van der Waals surface area contributed by atoms with Crippen LogP contribution in [0.15, 0.2) is 54.6 Å². The number of nitriles is 2. The Hall–Kier alpha value is -4.56. The highest BCUT2D eigenvalue weighted by molar-refractivity contribution is 5.91. The second-order valence-electron chi connectivity index (χ2n) is 6.31. The van der Waals surface area contributed by atoms with E-state index in [1.54, 1.807) is 42.5 Å². The van der Waals surface area contributed by atoms with Crippen LogP contribution >= 0.6 is 0 Å². The highest BCUT2D eigenvalue weighted by Gasteiger charge is 2.20. The number of nitrogens with two attached hydrogens (primary N) is 1. The summed E-state index contributed by atoms with van der Waals surface area (Å²) >= 11 is 0. The van der Waals surface area contributed by atoms with E-state index in [4.69, 9.17) is 15.6 Å². The molecule has 8 heteroatoms. The molecule has 0 saturated heterocycles. The van der Waals surface area contributed by atoms with E-state index in [-0.39, 0.29) is 22.6 Å². The van der Waals surface area contributed by atoms with Crippen molar-refractivity contribution in [2.75, 3.05) is 5.73 Å². The highest BCUT2D eigenvalue weighted by Crippen LogP contribution is 2.27. The lowest BCUT2D eigenvalue weighted by Gasteiger charge is -2.10. The van der Waals surface area contributed by atoms with Gasteiger partial charge in [-0.3, -0.25) is 0 Å². The molecule has 3 N–H and O–H groups in total. The van der Waals surface area contributed by atoms with Gasteiger partial charge in [0, 0.05) is 0 Å². The largest absolute Gasteiger partial charge is 0.479 e. The Kier molecular flexibility index (Phi) is 5.81. The first-order valence-corrected chi connectivity index (χ1v) is 8.90. The summed E-state index contributed by atoms with van der Waals surface area (Å²) in [7, 11) is 0. The number of benzene rings is 2. The van der Waals surface area contributed by atoms with Gasteiger partial charge in [0.15, 0.2) is 6.10 Å². The summed E-state index contributed by atoms with van der Waals surface area (Å²) < 4.78 is 6.71. The topological polar surface area (TPSA) is 138 Å². The molecule has 0 radical (unpaired) electrons. The number of aliphatic carboxylic acids is 1. The van der Waals surface area contributed by atoms with Crippen LogP contribution in [0.25, 0.3) is 17.3 Å². The fourth-order valence-corrected chi connectivity index (χ4v) is 2.71. The van der Waals surface area contributed by atoms with Gasteiger partial charge in [0.05, 0.1) is 11.3 Å². The number of nitrogen functional groups attached to an aromatic ring is 1. The van der Waals surface area contributed by atoms with E-state index in [9.17, 15) is 15.3 Å². The van der Waals surface area contributed by atoms with E-state index in [2.05, 4.69) is 11.2 Å². The number of hydrogen-bond acceptors (Lipinski definition) is 6. The second kappa shape index (κ2) is 8.63. The van der Waals surface area contributed by atoms with Crippen LogP contribution in [0.5, 0.6) is 5.75 Å². The number of carbonyl (C=O) groups is 1. The maximum absolute atomic E-state index is 10.9. The number of para-hydroxylation sites is 1. The van der Waals surface area contributed by atoms with Gasteiger partial charge in [0.1, 0.15) is 35.0 Å². The molecule has 2 aromatic carbocycles. The fourth-order valence-electron chi connectivity index (χ4n) is 2.71. The molecule has 0 aliphatic carbocycles. The summed E-state index contributed by atoms with van der Waals surface area (Å²) in [5, 5.41) is 32.5. The van der Waals surface area contributed by atoms with Crippen molar-refractivity contribution in [2.45, 2.75) is 13.0 Å². The molecule has 0 spiro atoms. The summed E-state index contributed by atoms with van der Waals surface area (Å²) in [5.74, 6) is -0.538. The van der Waals surface area contributed by atoms with Crippen molar-refractivity contribution in [3.63, 3.8) is 0 Å². The van der Waals surface area contributed by atoms with Gasteiger partial charge < -0.3 is 15.6 Å². The van der Waals surface area contributed by atoms with E-state index in [0.717, 1.165) is 0 Å². The average Bonchev–Trinajstić information content (AvgIpc) is 3.09. The van der Waals surface area contributed by atoms with Crippen LogP contribution in [-0.4, -0.2) is 27.0 Å². The van der Waals surface area contributed by atoms with E-state index in [1.165, 1.54) is 11.6 Å². The van der Waals surface area contributed by atoms with Gasteiger partial charge in [-0.15, -0.1) is 0 Å². The lowest BCUT2D eigenvalue weighted by atomic mass is 10.1. The Morgan fingerprint density at radius 1 is 1.20 bits per heavy atom. The molecular formula is C22H17N5O3. The molecule has 1 aromatic heterocycles. The summed E-state index contributed by atoms with van der Waals surface area (Å²) in [6.07, 6.45) is 0.590. The number of carboxylic acids is 1. The lowest BCUT2D eigenvalue weighted by Crippen LogP contribution is -2.22. The Morgan fingerprint density at radius 3 is 2.43 bits per heavy atom. The van der Waals surface area contributed by atoms with Crippen molar-refractivity contribution in [1.29, 1.82) is 10.5 Å². The summed E-state index contributed by atoms with van der Waals surface area (Å²) in [6, 6.07) is 19.7. The van der Waals surface area contributed by atoms with Crippen LogP contribution in [0, 0.1) is 22.7 Å². The maximum Gasteiger partial charge on any atom is 0.344 e. The van der Waals surface area contributed by atoms with Crippen molar-refractivity contribution >= 4 is 23.4 Å². The predicted molar refractivity (Wildman–Crippen MR) is 110 cm³/mol. The minimum Gasteiger partial charge on any atom is -0.479 e. The minimum absolute atomic E-state index is 0.113. The van der Waals surface area contributed by atoms with Gasteiger partial charge in [0.25, 0.3) is 0 Å². The Balaban J connectivity index is 1.97. The average molecular weight is 399 g/mol. The second-order valence-corrected chi connectivity index (χ2v) is 6.31. The molecule has 8 nitrogen and oxygen atoms in total. The van der Waals surface area contributed by atoms with Crippen LogP contribution in [0.2, 0.25) is 0 Å². The van der Waals surface area contributed by atoms with Crippen molar-refractivity contribution in [3.8, 4) is 23.6 Å². The van der Waals surface area contributed by atoms with Crippen molar-refractivity contribution in [3.05, 3.63) is 71.4 Å². The summed E-state index contributed by atoms with van der Waals surface area (Å²) in [6.45, 7) is 1.43. The number of carboxylic acid groups (broad SMARTS) is 1. The summed E-state index contributed by atoms with van der Waals surface area (Å²) in [5.41, 5.74) is 7.88. The van der Waals surface area contributed by atoms with Gasteiger partial charge in [-0.05, 0) is 42.8 Å². The van der Waals surface area contributed by atoms with E-state index < -0.39 is 12.1 Å². The molecule has 0 saturated carbocycles. The molecular weight excluding hydrogens is 382 g/mol. The monoisotopic (exact) mass is 399 g/mol. The first kappa shape index (κ1) is 20.2. The first-order chi connectivity index (χ1) is 14.4. The third kappa shape index (κ3) is 4.13. The minimum atomic E-state index is -1.07. The molecule has 148 valence electrons. The predicted octanol–water partition coefficient (Wildman–Crippen LogP) is 3.24. The number of allylic oxidation sites excluding steroid dienone is 1. The van der Waals surface area contributed by atoms with Gasteiger partial charge in [0.2, 0.25) is 0 Å². The standard InChI is InChI=1S/C22H17N5O3/c1-14(22(28)29)30-18-9-7-15(8-10-18)11-16(12-23)20-19(13-24)21(25)27(26-20)17-5-3-2-4-6-17/h2-11,14H,25H2,1H3,(H,28,29)/b16-11+/t14-/m0/s1. The van der Waals surface area contributed by atoms with E-state index >= 15 is 0 Å². The zero-order valence-corrected chi connectivity index (χ0v) is 16.0. The molecule has 0 aliphatic heterocycles. The van der Waals surface area contributed by atoms with Gasteiger partial charge in [-0.25, -0.2) is 9.48 Å².